The molecule has 0 aliphatic carbocycles. The summed E-state index contributed by atoms with van der Waals surface area (Å²) in [5.74, 6) is -0.709. The van der Waals surface area contributed by atoms with Crippen LogP contribution in [0.2, 0.25) is 0 Å². The lowest BCUT2D eigenvalue weighted by Crippen LogP contribution is -2.57. The first kappa shape index (κ1) is 65.5. The molecule has 478 valence electrons. The number of aromatic nitrogens is 5. The summed E-state index contributed by atoms with van der Waals surface area (Å²) in [7, 11) is 1.62. The fraction of sp³-hybridized carbons (Fsp3) is 0.581. The average Bonchev–Trinajstić information content (AvgIpc) is 1.96. The highest BCUT2D eigenvalue weighted by atomic mass is 32.1. The lowest BCUT2D eigenvalue weighted by molar-refractivity contribution is -0.144. The molecule has 0 saturated carbocycles. The number of benzene rings is 2. The van der Waals surface area contributed by atoms with Gasteiger partial charge in [-0.1, -0.05) is 45.0 Å². The zero-order valence-corrected chi connectivity index (χ0v) is 51.8. The molecule has 3 atom stereocenters. The van der Waals surface area contributed by atoms with Crippen LogP contribution in [-0.2, 0) is 75.3 Å². The molecule has 0 bridgehead atoms. The third-order valence-corrected chi connectivity index (χ3v) is 17.3. The van der Waals surface area contributed by atoms with E-state index in [-0.39, 0.29) is 107 Å². The summed E-state index contributed by atoms with van der Waals surface area (Å²) < 4.78 is 61.8. The van der Waals surface area contributed by atoms with Gasteiger partial charge in [-0.3, -0.25) is 28.5 Å². The number of halogens is 2. The molecule has 0 spiro atoms. The molecule has 0 radical (unpaired) electrons. The Morgan fingerprint density at radius 3 is 2.23 bits per heavy atom. The van der Waals surface area contributed by atoms with Crippen molar-refractivity contribution in [2.75, 3.05) is 104 Å². The molecule has 0 unspecified atom stereocenters. The minimum atomic E-state index is -2.76. The summed E-state index contributed by atoms with van der Waals surface area (Å²) in [4.78, 5) is 76.5. The Labute approximate surface area is 516 Å². The Morgan fingerprint density at radius 1 is 0.875 bits per heavy atom. The van der Waals surface area contributed by atoms with E-state index in [2.05, 4.69) is 40.9 Å². The normalized spacial score (nSPS) is 17.4. The van der Waals surface area contributed by atoms with E-state index in [1.165, 1.54) is 4.90 Å². The van der Waals surface area contributed by atoms with Crippen molar-refractivity contribution in [1.29, 1.82) is 0 Å². The SMILES string of the molecule is CNC(=O)N1CCc2c(c(N3CCCc4cc(-c5cnn(CCNC(=O)CCOCCOCCOCCOCCC(=O)N[C@H](C(=O)N6C[C@H](O)C[C@H]6C(=O)NCc6ccc(-c7scnc7C)cc6)C(C)(C)C)c5)c(C(F)F)cc43)nn2C2CCOCC2)C1. The molecule has 2 aromatic carbocycles. The van der Waals surface area contributed by atoms with E-state index in [0.717, 1.165) is 57.8 Å². The van der Waals surface area contributed by atoms with Crippen LogP contribution in [0, 0.1) is 12.3 Å². The van der Waals surface area contributed by atoms with Crippen LogP contribution in [-0.4, -0.2) is 187 Å². The monoisotopic (exact) mass is 1240 g/mol. The van der Waals surface area contributed by atoms with Gasteiger partial charge in [0.15, 0.2) is 5.82 Å². The Hall–Kier alpha value is -6.94. The second kappa shape index (κ2) is 31.0. The smallest absolute Gasteiger partial charge is 0.317 e. The van der Waals surface area contributed by atoms with E-state index in [0.29, 0.717) is 94.7 Å². The molecule has 5 N–H and O–H groups in total. The summed E-state index contributed by atoms with van der Waals surface area (Å²) in [6, 6.07) is 9.42. The number of aryl methyl sites for hydroxylation is 2. The zero-order chi connectivity index (χ0) is 62.3. The summed E-state index contributed by atoms with van der Waals surface area (Å²) in [6.45, 7) is 13.1. The maximum absolute atomic E-state index is 15.0. The van der Waals surface area contributed by atoms with E-state index < -0.39 is 35.9 Å². The predicted octanol–water partition coefficient (Wildman–Crippen LogP) is 6.02. The van der Waals surface area contributed by atoms with Crippen LogP contribution in [0.5, 0.6) is 0 Å². The number of alkyl halides is 2. The van der Waals surface area contributed by atoms with Crippen molar-refractivity contribution in [2.45, 2.75) is 129 Å². The fourth-order valence-corrected chi connectivity index (χ4v) is 12.4. The van der Waals surface area contributed by atoms with Gasteiger partial charge < -0.3 is 64.8 Å². The number of rotatable bonds is 28. The van der Waals surface area contributed by atoms with Crippen LogP contribution in [0.25, 0.3) is 21.6 Å². The number of ether oxygens (including phenoxy) is 5. The number of hydrogen-bond donors (Lipinski definition) is 5. The molecular formula is C62H84F2N12O11S. The van der Waals surface area contributed by atoms with Crippen LogP contribution in [0.4, 0.5) is 25.1 Å². The molecule has 4 aliphatic heterocycles. The van der Waals surface area contributed by atoms with E-state index in [1.807, 2.05) is 58.0 Å². The van der Waals surface area contributed by atoms with Crippen molar-refractivity contribution in [3.8, 4) is 21.6 Å². The molecule has 5 aromatic rings. The number of carbonyl (C=O) groups is 5. The molecule has 2 fully saturated rings. The summed E-state index contributed by atoms with van der Waals surface area (Å²) in [5.41, 5.74) is 8.50. The number of β-amino-alcohol motifs (C(OH)–C–C–N with tert-alkyl or cyclic N) is 1. The van der Waals surface area contributed by atoms with Crippen LogP contribution in [0.3, 0.4) is 0 Å². The standard InChI is InChI=1S/C62H84F2N12O11S/c1-40-55(88-39-68-40)42-10-8-41(9-11-42)34-67-59(80)52-32-46(77)37-75(52)60(81)56(62(2,3)4)70-54(79)16-24-85-26-28-87-30-29-86-27-25-84-23-15-53(78)66-17-20-73-36-44(35-69-73)47-31-43-7-6-18-74(51(43)33-48(47)57(63)64)58-49-38-72(61(82)65-5)19-12-50(49)76(71-58)45-13-21-83-22-14-45/h8-11,31,33,35-36,39,45-46,52,56-57,77H,6-7,12-30,32,34,37-38H2,1-5H3,(H,65,82)(H,66,78)(H,67,80)(H,70,79)/t46-,52+,56-/m1/s1. The number of likely N-dealkylation sites (tertiary alicyclic amines) is 1. The van der Waals surface area contributed by atoms with Crippen molar-refractivity contribution in [3.05, 3.63) is 87.9 Å². The predicted molar refractivity (Wildman–Crippen MR) is 325 cm³/mol. The van der Waals surface area contributed by atoms with Gasteiger partial charge in [-0.05, 0) is 72.4 Å². The number of carbonyl (C=O) groups excluding carboxylic acids is 5. The third kappa shape index (κ3) is 16.9. The number of aliphatic hydroxyl groups excluding tert-OH is 1. The molecular weight excluding hydrogens is 1160 g/mol. The van der Waals surface area contributed by atoms with Crippen LogP contribution >= 0.6 is 11.3 Å². The van der Waals surface area contributed by atoms with Crippen molar-refractivity contribution < 1.29 is 61.5 Å². The van der Waals surface area contributed by atoms with Crippen molar-refractivity contribution in [2.24, 2.45) is 5.41 Å². The second-order valence-electron chi connectivity index (χ2n) is 23.6. The average molecular weight is 1240 g/mol. The topological polar surface area (TPSA) is 258 Å². The zero-order valence-electron chi connectivity index (χ0n) is 51.0. The van der Waals surface area contributed by atoms with E-state index in [9.17, 15) is 29.1 Å². The number of hydrogen-bond acceptors (Lipinski definition) is 16. The highest BCUT2D eigenvalue weighted by Gasteiger charge is 2.45. The Morgan fingerprint density at radius 2 is 1.57 bits per heavy atom. The van der Waals surface area contributed by atoms with E-state index in [1.54, 1.807) is 51.9 Å². The maximum Gasteiger partial charge on any atom is 0.317 e. The lowest BCUT2D eigenvalue weighted by Gasteiger charge is -2.35. The fourth-order valence-electron chi connectivity index (χ4n) is 11.6. The highest BCUT2D eigenvalue weighted by molar-refractivity contribution is 7.13. The number of amides is 6. The lowest BCUT2D eigenvalue weighted by atomic mass is 9.85. The number of nitrogens with one attached hydrogen (secondary N) is 4. The molecule has 2 saturated heterocycles. The number of aliphatic hydroxyl groups is 1. The number of fused-ring (bicyclic) bond motifs is 2. The first-order valence-electron chi connectivity index (χ1n) is 30.5. The first-order chi connectivity index (χ1) is 42.5. The summed E-state index contributed by atoms with van der Waals surface area (Å²) in [5, 5.41) is 31.6. The van der Waals surface area contributed by atoms with Gasteiger partial charge in [0.25, 0.3) is 6.43 Å². The van der Waals surface area contributed by atoms with E-state index >= 15 is 8.78 Å². The summed E-state index contributed by atoms with van der Waals surface area (Å²) >= 11 is 1.56. The van der Waals surface area contributed by atoms with Crippen molar-refractivity contribution in [1.82, 2.24) is 55.6 Å². The quantitative estimate of drug-likeness (QED) is 0.0359. The minimum absolute atomic E-state index is 0.00431. The van der Waals surface area contributed by atoms with Gasteiger partial charge in [0.05, 0.1) is 100 Å². The van der Waals surface area contributed by atoms with Crippen molar-refractivity contribution in [3.63, 3.8) is 0 Å². The Balaban J connectivity index is 0.624. The molecule has 23 nitrogen and oxygen atoms in total. The van der Waals surface area contributed by atoms with Gasteiger partial charge in [0, 0.05) is 113 Å². The van der Waals surface area contributed by atoms with Gasteiger partial charge in [0.1, 0.15) is 12.1 Å². The van der Waals surface area contributed by atoms with E-state index in [4.69, 9.17) is 28.8 Å². The number of nitrogens with zero attached hydrogens (tertiary/aromatic N) is 8. The number of urea groups is 1. The molecule has 88 heavy (non-hydrogen) atoms. The molecule has 9 rings (SSSR count). The van der Waals surface area contributed by atoms with Gasteiger partial charge in [-0.15, -0.1) is 11.3 Å². The molecule has 6 amide bonds. The second-order valence-corrected chi connectivity index (χ2v) is 24.5. The maximum atomic E-state index is 15.0. The van der Waals surface area contributed by atoms with Gasteiger partial charge in [-0.25, -0.2) is 18.6 Å². The molecule has 3 aromatic heterocycles. The van der Waals surface area contributed by atoms with Crippen LogP contribution < -0.4 is 26.2 Å². The summed E-state index contributed by atoms with van der Waals surface area (Å²) in [6.07, 6.45) is 3.67. The minimum Gasteiger partial charge on any atom is -0.391 e. The van der Waals surface area contributed by atoms with Crippen LogP contribution in [0.1, 0.15) is 105 Å². The van der Waals surface area contributed by atoms with Crippen LogP contribution in [0.15, 0.2) is 54.3 Å². The molecule has 26 heteroatoms. The third-order valence-electron chi connectivity index (χ3n) is 16.3. The highest BCUT2D eigenvalue weighted by Crippen LogP contribution is 2.44. The molecule has 4 aliphatic rings. The Kier molecular flexibility index (Phi) is 23.1. The van der Waals surface area contributed by atoms with Gasteiger partial charge in [0.2, 0.25) is 23.6 Å². The number of anilines is 2. The van der Waals surface area contributed by atoms with Crippen molar-refractivity contribution >= 4 is 52.5 Å². The van der Waals surface area contributed by atoms with Gasteiger partial charge in [-0.2, -0.15) is 10.2 Å². The number of thiazole rings is 1. The largest absolute Gasteiger partial charge is 0.391 e. The van der Waals surface area contributed by atoms with Gasteiger partial charge >= 0.3 is 6.03 Å². The molecule has 7 heterocycles. The first-order valence-corrected chi connectivity index (χ1v) is 31.4. The Bertz CT molecular complexity index is 3160.